The Morgan fingerprint density at radius 1 is 1.13 bits per heavy atom. The first-order valence-electron chi connectivity index (χ1n) is 13.1. The molecule has 216 valence electrons. The maximum Gasteiger partial charge on any atom is 0.197 e. The lowest BCUT2D eigenvalue weighted by Gasteiger charge is -2.30. The molecule has 0 saturated heterocycles. The second kappa shape index (κ2) is 13.5. The van der Waals surface area contributed by atoms with E-state index in [0.29, 0.717) is 42.3 Å². The lowest BCUT2D eigenvalue weighted by atomic mass is 9.84. The van der Waals surface area contributed by atoms with E-state index in [9.17, 15) is 9.90 Å². The van der Waals surface area contributed by atoms with E-state index < -0.39 is 5.82 Å². The summed E-state index contributed by atoms with van der Waals surface area (Å²) in [5, 5.41) is 18.3. The molecule has 0 atom stereocenters. The first-order valence-corrected chi connectivity index (χ1v) is 13.1. The van der Waals surface area contributed by atoms with Crippen LogP contribution in [-0.4, -0.2) is 68.2 Å². The average Bonchev–Trinajstić information content (AvgIpc) is 3.18. The predicted octanol–water partition coefficient (Wildman–Crippen LogP) is 5.35. The molecular weight excluding hydrogens is 569 g/mol. The second-order valence-corrected chi connectivity index (χ2v) is 10.2. The van der Waals surface area contributed by atoms with Gasteiger partial charge in [0.2, 0.25) is 0 Å². The number of benzene rings is 2. The number of rotatable bonds is 12. The molecule has 0 fully saturated rings. The number of carbonyl (C=O) groups excluding carboxylic acids is 1. The van der Waals surface area contributed by atoms with Crippen molar-refractivity contribution in [3.63, 3.8) is 0 Å². The van der Waals surface area contributed by atoms with Crippen molar-refractivity contribution < 1.29 is 28.5 Å². The normalized spacial score (nSPS) is 12.6. The molecule has 1 aliphatic rings. The number of aliphatic hydroxyl groups excluding tert-OH is 1. The number of halogens is 2. The Hall–Kier alpha value is -2.85. The number of Topliss-reactive ketones (excluding diaryl/α,β-unsaturated/α-hetero) is 1. The lowest BCUT2D eigenvalue weighted by molar-refractivity contribution is 0.0962. The molecule has 0 bridgehead atoms. The van der Waals surface area contributed by atoms with E-state index in [-0.39, 0.29) is 71.6 Å². The van der Waals surface area contributed by atoms with Gasteiger partial charge in [0.05, 0.1) is 44.7 Å². The standard InChI is InChI=1S/C29H40FN3O5.BrH/c1-8-32(11-12-34)21-14-18(13-20(26(21)36-7)29(4,5)6)22(35)17-33-16-19-15-23(37-9-2)27(38-10-3)25(30)24(19)28(33)31;/h13-15,31,34H,8-12,16-17H2,1-7H3;1H. The molecule has 0 unspecified atom stereocenters. The van der Waals surface area contributed by atoms with Crippen molar-refractivity contribution in [3.05, 3.63) is 46.3 Å². The number of hydrogen-bond acceptors (Lipinski definition) is 7. The highest BCUT2D eigenvalue weighted by Gasteiger charge is 2.34. The summed E-state index contributed by atoms with van der Waals surface area (Å²) in [6.45, 7) is 13.4. The third-order valence-electron chi connectivity index (χ3n) is 6.60. The van der Waals surface area contributed by atoms with Crippen LogP contribution in [0.5, 0.6) is 17.2 Å². The fourth-order valence-corrected chi connectivity index (χ4v) is 4.77. The molecular formula is C29H41BrFN3O5. The minimum atomic E-state index is -0.642. The van der Waals surface area contributed by atoms with Gasteiger partial charge in [-0.3, -0.25) is 10.2 Å². The summed E-state index contributed by atoms with van der Waals surface area (Å²) >= 11 is 0. The van der Waals surface area contributed by atoms with Gasteiger partial charge < -0.3 is 29.1 Å². The molecule has 0 amide bonds. The molecule has 1 aliphatic heterocycles. The Kier molecular flexibility index (Phi) is 11.2. The van der Waals surface area contributed by atoms with Gasteiger partial charge in [-0.25, -0.2) is 4.39 Å². The third kappa shape index (κ3) is 6.66. The first kappa shape index (κ1) is 32.4. The van der Waals surface area contributed by atoms with Gasteiger partial charge in [-0.1, -0.05) is 20.8 Å². The smallest absolute Gasteiger partial charge is 0.197 e. The van der Waals surface area contributed by atoms with Crippen LogP contribution in [0.4, 0.5) is 10.1 Å². The number of hydrogen-bond donors (Lipinski definition) is 2. The monoisotopic (exact) mass is 609 g/mol. The molecule has 10 heteroatoms. The fraction of sp³-hybridized carbons (Fsp3) is 0.517. The maximum absolute atomic E-state index is 15.5. The summed E-state index contributed by atoms with van der Waals surface area (Å²) in [6.07, 6.45) is 0. The van der Waals surface area contributed by atoms with Crippen molar-refractivity contribution in [2.24, 2.45) is 0 Å². The van der Waals surface area contributed by atoms with Crippen molar-refractivity contribution in [2.75, 3.05) is 51.5 Å². The van der Waals surface area contributed by atoms with Gasteiger partial charge in [0.1, 0.15) is 11.6 Å². The number of amidine groups is 1. The van der Waals surface area contributed by atoms with Crippen LogP contribution in [0.3, 0.4) is 0 Å². The van der Waals surface area contributed by atoms with Gasteiger partial charge in [-0.15, -0.1) is 17.0 Å². The van der Waals surface area contributed by atoms with Crippen LogP contribution >= 0.6 is 17.0 Å². The molecule has 1 heterocycles. The van der Waals surface area contributed by atoms with Crippen molar-refractivity contribution in [3.8, 4) is 17.2 Å². The van der Waals surface area contributed by atoms with Crippen molar-refractivity contribution in [1.29, 1.82) is 5.41 Å². The highest BCUT2D eigenvalue weighted by Crippen LogP contribution is 2.41. The molecule has 0 saturated carbocycles. The summed E-state index contributed by atoms with van der Waals surface area (Å²) in [6, 6.07) is 5.32. The van der Waals surface area contributed by atoms with E-state index in [1.165, 1.54) is 0 Å². The Morgan fingerprint density at radius 2 is 1.79 bits per heavy atom. The number of likely N-dealkylation sites (N-methyl/N-ethyl adjacent to an activating group) is 1. The molecule has 0 radical (unpaired) electrons. The van der Waals surface area contributed by atoms with Crippen LogP contribution in [0.2, 0.25) is 0 Å². The highest BCUT2D eigenvalue weighted by atomic mass is 79.9. The molecule has 0 spiro atoms. The average molecular weight is 611 g/mol. The second-order valence-electron chi connectivity index (χ2n) is 10.2. The Labute approximate surface area is 241 Å². The van der Waals surface area contributed by atoms with Crippen LogP contribution in [0.15, 0.2) is 18.2 Å². The van der Waals surface area contributed by atoms with E-state index in [4.69, 9.17) is 19.6 Å². The summed E-state index contributed by atoms with van der Waals surface area (Å²) in [4.78, 5) is 17.2. The van der Waals surface area contributed by atoms with Gasteiger partial charge in [-0.05, 0) is 49.9 Å². The topological polar surface area (TPSA) is 95.3 Å². The van der Waals surface area contributed by atoms with Gasteiger partial charge in [0.25, 0.3) is 0 Å². The number of ether oxygens (including phenoxy) is 3. The van der Waals surface area contributed by atoms with E-state index in [2.05, 4.69) is 0 Å². The number of anilines is 1. The highest BCUT2D eigenvalue weighted by molar-refractivity contribution is 8.93. The molecule has 2 aromatic rings. The van der Waals surface area contributed by atoms with Gasteiger partial charge >= 0.3 is 0 Å². The summed E-state index contributed by atoms with van der Waals surface area (Å²) in [5.74, 6) is 0.0493. The quantitative estimate of drug-likeness (QED) is 0.313. The maximum atomic E-state index is 15.5. The SMILES string of the molecule is Br.CCOc1cc2c(c(F)c1OCC)C(=N)N(CC(=O)c1cc(N(CC)CCO)c(OC)c(C(C)(C)C)c1)C2. The summed E-state index contributed by atoms with van der Waals surface area (Å²) < 4.78 is 32.3. The summed E-state index contributed by atoms with van der Waals surface area (Å²) in [5.41, 5.74) is 2.46. The molecule has 2 aromatic carbocycles. The van der Waals surface area contributed by atoms with E-state index in [1.807, 2.05) is 45.6 Å². The van der Waals surface area contributed by atoms with Crippen LogP contribution in [0.1, 0.15) is 68.6 Å². The minimum Gasteiger partial charge on any atom is -0.494 e. The zero-order valence-corrected chi connectivity index (χ0v) is 25.7. The van der Waals surface area contributed by atoms with Gasteiger partial charge in [-0.2, -0.15) is 0 Å². The van der Waals surface area contributed by atoms with Crippen molar-refractivity contribution >= 4 is 34.3 Å². The van der Waals surface area contributed by atoms with Crippen LogP contribution in [-0.2, 0) is 12.0 Å². The zero-order chi connectivity index (χ0) is 28.2. The zero-order valence-electron chi connectivity index (χ0n) is 23.9. The Morgan fingerprint density at radius 3 is 2.33 bits per heavy atom. The van der Waals surface area contributed by atoms with E-state index >= 15 is 4.39 Å². The Bertz CT molecular complexity index is 1200. The third-order valence-corrected chi connectivity index (χ3v) is 6.60. The number of fused-ring (bicyclic) bond motifs is 1. The fourth-order valence-electron chi connectivity index (χ4n) is 4.77. The molecule has 39 heavy (non-hydrogen) atoms. The Balaban J connectivity index is 0.00000533. The number of methoxy groups -OCH3 is 1. The van der Waals surface area contributed by atoms with Crippen LogP contribution < -0.4 is 19.1 Å². The van der Waals surface area contributed by atoms with E-state index in [0.717, 1.165) is 11.3 Å². The first-order chi connectivity index (χ1) is 18.0. The number of ketones is 1. The lowest BCUT2D eigenvalue weighted by Crippen LogP contribution is -2.31. The molecule has 3 rings (SSSR count). The molecule has 0 aliphatic carbocycles. The number of nitrogens with zero attached hydrogens (tertiary/aromatic N) is 2. The number of nitrogens with one attached hydrogen (secondary N) is 1. The number of aliphatic hydroxyl groups is 1. The molecule has 0 aromatic heterocycles. The minimum absolute atomic E-state index is 0. The van der Waals surface area contributed by atoms with Crippen molar-refractivity contribution in [2.45, 2.75) is 53.5 Å². The van der Waals surface area contributed by atoms with Gasteiger partial charge in [0.15, 0.2) is 23.1 Å². The largest absolute Gasteiger partial charge is 0.494 e. The van der Waals surface area contributed by atoms with Crippen LogP contribution in [0.25, 0.3) is 0 Å². The predicted molar refractivity (Wildman–Crippen MR) is 157 cm³/mol. The van der Waals surface area contributed by atoms with Gasteiger partial charge in [0, 0.05) is 30.8 Å². The van der Waals surface area contributed by atoms with Crippen LogP contribution in [0, 0.1) is 11.2 Å². The van der Waals surface area contributed by atoms with E-state index in [1.54, 1.807) is 31.1 Å². The summed E-state index contributed by atoms with van der Waals surface area (Å²) in [7, 11) is 1.60. The molecule has 8 nitrogen and oxygen atoms in total. The van der Waals surface area contributed by atoms with Crippen molar-refractivity contribution in [1.82, 2.24) is 4.90 Å². The molecule has 2 N–H and O–H groups in total. The number of carbonyl (C=O) groups is 1.